The van der Waals surface area contributed by atoms with Gasteiger partial charge in [0.2, 0.25) is 0 Å². The number of aromatic nitrogens is 1. The van der Waals surface area contributed by atoms with Crippen molar-refractivity contribution in [3.63, 3.8) is 0 Å². The molecule has 0 saturated heterocycles. The summed E-state index contributed by atoms with van der Waals surface area (Å²) in [5.74, 6) is -0.927. The average molecular weight is 341 g/mol. The number of aliphatic carboxylic acids is 1. The fourth-order valence-electron chi connectivity index (χ4n) is 2.57. The number of benzene rings is 2. The Kier molecular flexibility index (Phi) is 4.81. The molecule has 5 heteroatoms. The van der Waals surface area contributed by atoms with Crippen molar-refractivity contribution in [2.75, 3.05) is 0 Å². The maximum absolute atomic E-state index is 15.3. The van der Waals surface area contributed by atoms with Gasteiger partial charge < -0.3 is 5.11 Å². The number of carboxylic acids is 1. The van der Waals surface area contributed by atoms with Crippen LogP contribution in [0.25, 0.3) is 10.8 Å². The van der Waals surface area contributed by atoms with Crippen LogP contribution in [0.2, 0.25) is 0 Å². The fourth-order valence-corrected chi connectivity index (χ4v) is 3.48. The Labute approximate surface area is 143 Å². The molecule has 1 aromatic heterocycles. The highest BCUT2D eigenvalue weighted by Gasteiger charge is 2.22. The summed E-state index contributed by atoms with van der Waals surface area (Å²) >= 11 is 1.13. The quantitative estimate of drug-likeness (QED) is 0.673. The summed E-state index contributed by atoms with van der Waals surface area (Å²) in [5, 5.41) is 10.3. The second-order valence-corrected chi connectivity index (χ2v) is 6.83. The highest BCUT2D eigenvalue weighted by molar-refractivity contribution is 8.00. The van der Waals surface area contributed by atoms with Crippen LogP contribution in [-0.2, 0) is 4.79 Å². The topological polar surface area (TPSA) is 50.2 Å². The van der Waals surface area contributed by atoms with Crippen LogP contribution in [0.3, 0.4) is 0 Å². The van der Waals surface area contributed by atoms with Crippen LogP contribution in [0, 0.1) is 0 Å². The summed E-state index contributed by atoms with van der Waals surface area (Å²) in [6.45, 7) is 1.59. The fraction of sp³-hybridized carbons (Fsp3) is 0.158. The van der Waals surface area contributed by atoms with Crippen LogP contribution in [0.5, 0.6) is 0 Å². The Hall–Kier alpha value is -2.40. The van der Waals surface area contributed by atoms with Gasteiger partial charge in [-0.05, 0) is 29.3 Å². The van der Waals surface area contributed by atoms with Gasteiger partial charge in [-0.15, -0.1) is 11.8 Å². The highest BCUT2D eigenvalue weighted by atomic mass is 32.2. The first-order valence-corrected chi connectivity index (χ1v) is 8.41. The zero-order chi connectivity index (χ0) is 17.1. The molecule has 1 N–H and O–H groups in total. The molecular weight excluding hydrogens is 325 g/mol. The van der Waals surface area contributed by atoms with Gasteiger partial charge in [0.15, 0.2) is 6.17 Å². The van der Waals surface area contributed by atoms with Crippen molar-refractivity contribution in [2.24, 2.45) is 0 Å². The Bertz CT molecular complexity index is 879. The van der Waals surface area contributed by atoms with Crippen LogP contribution in [0.4, 0.5) is 4.39 Å². The smallest absolute Gasteiger partial charge is 0.316 e. The third kappa shape index (κ3) is 3.26. The molecule has 0 aliphatic rings. The standard InChI is InChI=1S/C19H16FNO2S/c1-12(19(22)23)24-17-9-10-21-11-16(17)18(20)15-8-4-6-13-5-2-3-7-14(13)15/h2-12,18H,1H3,(H,22,23). The Morgan fingerprint density at radius 1 is 1.12 bits per heavy atom. The van der Waals surface area contributed by atoms with Gasteiger partial charge in [-0.1, -0.05) is 42.5 Å². The van der Waals surface area contributed by atoms with Crippen molar-refractivity contribution in [3.8, 4) is 0 Å². The molecule has 0 fully saturated rings. The molecule has 3 aromatic rings. The van der Waals surface area contributed by atoms with E-state index >= 15 is 4.39 Å². The normalized spacial score (nSPS) is 13.6. The summed E-state index contributed by atoms with van der Waals surface area (Å²) < 4.78 is 15.3. The van der Waals surface area contributed by atoms with E-state index in [1.807, 2.05) is 36.4 Å². The first kappa shape index (κ1) is 16.5. The van der Waals surface area contributed by atoms with E-state index in [4.69, 9.17) is 5.11 Å². The predicted molar refractivity (Wildman–Crippen MR) is 94.1 cm³/mol. The van der Waals surface area contributed by atoms with E-state index in [9.17, 15) is 4.79 Å². The van der Waals surface area contributed by atoms with Crippen molar-refractivity contribution in [3.05, 3.63) is 72.1 Å². The Morgan fingerprint density at radius 2 is 1.88 bits per heavy atom. The summed E-state index contributed by atoms with van der Waals surface area (Å²) in [6, 6.07) is 14.8. The zero-order valence-corrected chi connectivity index (χ0v) is 13.8. The van der Waals surface area contributed by atoms with Gasteiger partial charge in [0, 0.05) is 22.9 Å². The molecule has 2 aromatic carbocycles. The van der Waals surface area contributed by atoms with Crippen molar-refractivity contribution in [1.29, 1.82) is 0 Å². The number of pyridine rings is 1. The monoisotopic (exact) mass is 341 g/mol. The maximum Gasteiger partial charge on any atom is 0.316 e. The molecule has 2 unspecified atom stereocenters. The van der Waals surface area contributed by atoms with Crippen molar-refractivity contribution in [1.82, 2.24) is 4.98 Å². The molecule has 0 radical (unpaired) electrons. The maximum atomic E-state index is 15.3. The molecule has 0 spiro atoms. The average Bonchev–Trinajstić information content (AvgIpc) is 2.61. The van der Waals surface area contributed by atoms with Crippen LogP contribution < -0.4 is 0 Å². The third-order valence-corrected chi connectivity index (χ3v) is 5.01. The zero-order valence-electron chi connectivity index (χ0n) is 13.0. The van der Waals surface area contributed by atoms with Gasteiger partial charge in [-0.2, -0.15) is 0 Å². The number of thioether (sulfide) groups is 1. The molecule has 1 heterocycles. The van der Waals surface area contributed by atoms with E-state index < -0.39 is 17.4 Å². The largest absolute Gasteiger partial charge is 0.480 e. The van der Waals surface area contributed by atoms with Crippen molar-refractivity contribution >= 4 is 28.5 Å². The summed E-state index contributed by atoms with van der Waals surface area (Å²) in [6.07, 6.45) is 1.66. The molecule has 0 amide bonds. The van der Waals surface area contributed by atoms with Crippen molar-refractivity contribution in [2.45, 2.75) is 23.2 Å². The van der Waals surface area contributed by atoms with Gasteiger partial charge in [-0.25, -0.2) is 4.39 Å². The van der Waals surface area contributed by atoms with Gasteiger partial charge in [0.05, 0.1) is 0 Å². The molecule has 122 valence electrons. The minimum Gasteiger partial charge on any atom is -0.480 e. The lowest BCUT2D eigenvalue weighted by atomic mass is 9.98. The van der Waals surface area contributed by atoms with E-state index in [0.29, 0.717) is 16.0 Å². The van der Waals surface area contributed by atoms with Gasteiger partial charge >= 0.3 is 5.97 Å². The minimum atomic E-state index is -1.37. The van der Waals surface area contributed by atoms with Gasteiger partial charge in [0.25, 0.3) is 0 Å². The first-order valence-electron chi connectivity index (χ1n) is 7.53. The Morgan fingerprint density at radius 3 is 2.67 bits per heavy atom. The van der Waals surface area contributed by atoms with Crippen molar-refractivity contribution < 1.29 is 14.3 Å². The van der Waals surface area contributed by atoms with E-state index in [1.54, 1.807) is 25.3 Å². The van der Waals surface area contributed by atoms with Crippen LogP contribution in [0.15, 0.2) is 65.8 Å². The second-order valence-electron chi connectivity index (χ2n) is 5.44. The molecule has 0 saturated carbocycles. The summed E-state index contributed by atoms with van der Waals surface area (Å²) in [5.41, 5.74) is 0.956. The van der Waals surface area contributed by atoms with E-state index in [1.165, 1.54) is 6.20 Å². The lowest BCUT2D eigenvalue weighted by molar-refractivity contribution is -0.136. The summed E-state index contributed by atoms with van der Waals surface area (Å²) in [7, 11) is 0. The molecule has 0 aliphatic heterocycles. The SMILES string of the molecule is CC(Sc1ccncc1C(F)c1cccc2ccccc12)C(=O)O. The predicted octanol–water partition coefficient (Wildman–Crippen LogP) is 4.86. The number of rotatable bonds is 5. The number of alkyl halides is 1. The second kappa shape index (κ2) is 7.01. The molecule has 3 rings (SSSR count). The van der Waals surface area contributed by atoms with Crippen LogP contribution in [0.1, 0.15) is 24.2 Å². The van der Waals surface area contributed by atoms with Gasteiger partial charge in [-0.3, -0.25) is 9.78 Å². The molecule has 2 atom stereocenters. The Balaban J connectivity index is 2.04. The van der Waals surface area contributed by atoms with E-state index in [0.717, 1.165) is 22.5 Å². The number of halogens is 1. The lowest BCUT2D eigenvalue weighted by Crippen LogP contribution is -2.12. The van der Waals surface area contributed by atoms with Crippen LogP contribution >= 0.6 is 11.8 Å². The number of hydrogen-bond acceptors (Lipinski definition) is 3. The number of hydrogen-bond donors (Lipinski definition) is 1. The first-order chi connectivity index (χ1) is 11.6. The highest BCUT2D eigenvalue weighted by Crippen LogP contribution is 2.37. The molecule has 0 bridgehead atoms. The number of nitrogens with zero attached hydrogens (tertiary/aromatic N) is 1. The third-order valence-electron chi connectivity index (χ3n) is 3.83. The molecular formula is C19H16FNO2S. The number of carboxylic acid groups (broad SMARTS) is 1. The minimum absolute atomic E-state index is 0.395. The molecule has 3 nitrogen and oxygen atoms in total. The molecule has 24 heavy (non-hydrogen) atoms. The number of fused-ring (bicyclic) bond motifs is 1. The van der Waals surface area contributed by atoms with E-state index in [2.05, 4.69) is 4.98 Å². The lowest BCUT2D eigenvalue weighted by Gasteiger charge is -2.16. The summed E-state index contributed by atoms with van der Waals surface area (Å²) in [4.78, 5) is 15.7. The van der Waals surface area contributed by atoms with Crippen LogP contribution in [-0.4, -0.2) is 21.3 Å². The van der Waals surface area contributed by atoms with E-state index in [-0.39, 0.29) is 0 Å². The molecule has 0 aliphatic carbocycles. The van der Waals surface area contributed by atoms with Gasteiger partial charge in [0.1, 0.15) is 5.25 Å². The number of carbonyl (C=O) groups is 1.